The predicted octanol–water partition coefficient (Wildman–Crippen LogP) is 8.08. The first kappa shape index (κ1) is 28.6. The molecule has 0 unspecified atom stereocenters. The molecule has 0 saturated heterocycles. The van der Waals surface area contributed by atoms with Crippen LogP contribution in [0.1, 0.15) is 64.9 Å². The maximum absolute atomic E-state index is 13.6. The standard InChI is InChI=1S/C34H34N4O4S/c1-34(2,3)24-12-15-28-30(17-24)43-33(31(28)32(39)35-19-26-7-6-16-42-26)36-18-23-21-37(29-9-5-4-8-27(23)29)20-22-10-13-25(14-11-22)38(40)41/h4-11,13-14,16,18,21,24H,12,15,17,19-20H2,1-3H3,(H,35,39)/t24-/m0/s1. The van der Waals surface area contributed by atoms with Gasteiger partial charge >= 0.3 is 0 Å². The normalized spacial score (nSPS) is 15.2. The van der Waals surface area contributed by atoms with Crippen LogP contribution < -0.4 is 5.32 Å². The molecule has 0 radical (unpaired) electrons. The molecule has 5 aromatic rings. The fraction of sp³-hybridized carbons (Fsp3) is 0.294. The van der Waals surface area contributed by atoms with Crippen molar-refractivity contribution in [3.63, 3.8) is 0 Å². The van der Waals surface area contributed by atoms with E-state index < -0.39 is 0 Å². The van der Waals surface area contributed by atoms with Gasteiger partial charge in [0, 0.05) is 52.4 Å². The van der Waals surface area contributed by atoms with Crippen LogP contribution in [0.25, 0.3) is 10.9 Å². The lowest BCUT2D eigenvalue weighted by Gasteiger charge is -2.33. The average Bonchev–Trinajstić information content (AvgIpc) is 3.72. The number of fused-ring (bicyclic) bond motifs is 2. The number of nitro groups is 1. The number of thiophene rings is 1. The summed E-state index contributed by atoms with van der Waals surface area (Å²) in [6.45, 7) is 7.75. The molecule has 2 aromatic carbocycles. The van der Waals surface area contributed by atoms with Gasteiger partial charge in [0.1, 0.15) is 10.8 Å². The minimum Gasteiger partial charge on any atom is -0.467 e. The summed E-state index contributed by atoms with van der Waals surface area (Å²) in [6, 6.07) is 18.4. The number of aliphatic imine (C=N–C) groups is 1. The Bertz CT molecular complexity index is 1810. The Labute approximate surface area is 254 Å². The third-order valence-corrected chi connectivity index (χ3v) is 9.50. The number of non-ortho nitro benzene ring substituents is 1. The van der Waals surface area contributed by atoms with E-state index in [4.69, 9.17) is 9.41 Å². The molecule has 3 heterocycles. The second-order valence-electron chi connectivity index (χ2n) is 12.2. The quantitative estimate of drug-likeness (QED) is 0.111. The number of benzene rings is 2. The SMILES string of the molecule is CC(C)(C)[C@H]1CCc2c(sc(N=Cc3cn(Cc4ccc([N+](=O)[O-])cc4)c4ccccc34)c2C(=O)NCc2ccco2)C1. The molecule has 9 heteroatoms. The third-order valence-electron chi connectivity index (χ3n) is 8.34. The lowest BCUT2D eigenvalue weighted by Crippen LogP contribution is -2.28. The molecule has 0 spiro atoms. The summed E-state index contributed by atoms with van der Waals surface area (Å²) in [5, 5.41) is 15.9. The summed E-state index contributed by atoms with van der Waals surface area (Å²) < 4.78 is 7.56. The smallest absolute Gasteiger partial charge is 0.269 e. The number of furan rings is 1. The first-order valence-corrected chi connectivity index (χ1v) is 15.3. The van der Waals surface area contributed by atoms with Gasteiger partial charge in [-0.2, -0.15) is 0 Å². The Morgan fingerprint density at radius 2 is 1.95 bits per heavy atom. The van der Waals surface area contributed by atoms with E-state index >= 15 is 0 Å². The van der Waals surface area contributed by atoms with Crippen LogP contribution in [0, 0.1) is 21.4 Å². The third kappa shape index (κ3) is 6.03. The van der Waals surface area contributed by atoms with Crippen LogP contribution in [0.15, 0.2) is 82.5 Å². The molecule has 3 aromatic heterocycles. The Morgan fingerprint density at radius 1 is 1.16 bits per heavy atom. The van der Waals surface area contributed by atoms with Crippen LogP contribution in [-0.4, -0.2) is 21.6 Å². The Morgan fingerprint density at radius 3 is 2.67 bits per heavy atom. The molecular weight excluding hydrogens is 560 g/mol. The van der Waals surface area contributed by atoms with Crippen LogP contribution in [0.5, 0.6) is 0 Å². The summed E-state index contributed by atoms with van der Waals surface area (Å²) >= 11 is 1.63. The Hall–Kier alpha value is -4.50. The highest BCUT2D eigenvalue weighted by Crippen LogP contribution is 2.45. The highest BCUT2D eigenvalue weighted by molar-refractivity contribution is 7.16. The van der Waals surface area contributed by atoms with Gasteiger partial charge in [0.15, 0.2) is 0 Å². The van der Waals surface area contributed by atoms with Crippen LogP contribution in [0.3, 0.4) is 0 Å². The Balaban J connectivity index is 1.33. The molecule has 8 nitrogen and oxygen atoms in total. The number of hydrogen-bond acceptors (Lipinski definition) is 6. The number of rotatable bonds is 8. The molecule has 1 aliphatic rings. The molecule has 220 valence electrons. The van der Waals surface area contributed by atoms with Crippen molar-refractivity contribution in [1.29, 1.82) is 0 Å². The van der Waals surface area contributed by atoms with Crippen LogP contribution in [0.2, 0.25) is 0 Å². The van der Waals surface area contributed by atoms with Gasteiger partial charge in [-0.1, -0.05) is 51.1 Å². The number of amides is 1. The van der Waals surface area contributed by atoms with Gasteiger partial charge in [0.05, 0.1) is 23.3 Å². The number of carbonyl (C=O) groups excluding carboxylic acids is 1. The van der Waals surface area contributed by atoms with Crippen molar-refractivity contribution in [1.82, 2.24) is 9.88 Å². The number of nitrogens with one attached hydrogen (secondary N) is 1. The van der Waals surface area contributed by atoms with Crippen molar-refractivity contribution >= 4 is 45.0 Å². The van der Waals surface area contributed by atoms with E-state index in [0.717, 1.165) is 51.9 Å². The lowest BCUT2D eigenvalue weighted by atomic mass is 9.72. The summed E-state index contributed by atoms with van der Waals surface area (Å²) in [5.74, 6) is 1.12. The number of hydrogen-bond donors (Lipinski definition) is 1. The van der Waals surface area contributed by atoms with E-state index in [1.54, 1.807) is 29.7 Å². The van der Waals surface area contributed by atoms with Crippen molar-refractivity contribution in [3.05, 3.63) is 116 Å². The first-order chi connectivity index (χ1) is 20.7. The van der Waals surface area contributed by atoms with Crippen molar-refractivity contribution in [3.8, 4) is 0 Å². The molecule has 6 rings (SSSR count). The molecule has 1 atom stereocenters. The fourth-order valence-electron chi connectivity index (χ4n) is 5.86. The van der Waals surface area contributed by atoms with Crippen molar-refractivity contribution in [2.75, 3.05) is 0 Å². The summed E-state index contributed by atoms with van der Waals surface area (Å²) in [7, 11) is 0. The number of para-hydroxylation sites is 1. The van der Waals surface area contributed by atoms with Crippen molar-refractivity contribution in [2.45, 2.75) is 53.1 Å². The zero-order valence-corrected chi connectivity index (χ0v) is 25.3. The van der Waals surface area contributed by atoms with Crippen molar-refractivity contribution < 1.29 is 14.1 Å². The number of nitro benzene ring substituents is 1. The van der Waals surface area contributed by atoms with Crippen LogP contribution >= 0.6 is 11.3 Å². The van der Waals surface area contributed by atoms with Gasteiger partial charge in [-0.25, -0.2) is 4.99 Å². The van der Waals surface area contributed by atoms with E-state index in [2.05, 4.69) is 49.0 Å². The average molecular weight is 595 g/mol. The zero-order chi connectivity index (χ0) is 30.1. The molecule has 0 saturated carbocycles. The van der Waals surface area contributed by atoms with Gasteiger partial charge in [-0.3, -0.25) is 14.9 Å². The summed E-state index contributed by atoms with van der Waals surface area (Å²) in [6.07, 6.45) is 8.37. The minimum atomic E-state index is -0.388. The maximum atomic E-state index is 13.6. The zero-order valence-electron chi connectivity index (χ0n) is 24.5. The Kier molecular flexibility index (Phi) is 7.75. The largest absolute Gasteiger partial charge is 0.467 e. The summed E-state index contributed by atoms with van der Waals surface area (Å²) in [4.78, 5) is 30.5. The van der Waals surface area contributed by atoms with Gasteiger partial charge in [0.2, 0.25) is 0 Å². The van der Waals surface area contributed by atoms with Crippen molar-refractivity contribution in [2.24, 2.45) is 16.3 Å². The topological polar surface area (TPSA) is 103 Å². The van der Waals surface area contributed by atoms with E-state index in [1.165, 1.54) is 17.0 Å². The molecule has 0 aliphatic heterocycles. The van der Waals surface area contributed by atoms with E-state index in [0.29, 0.717) is 30.3 Å². The van der Waals surface area contributed by atoms with E-state index in [1.807, 2.05) is 30.5 Å². The van der Waals surface area contributed by atoms with Gasteiger partial charge < -0.3 is 14.3 Å². The monoisotopic (exact) mass is 594 g/mol. The minimum absolute atomic E-state index is 0.0744. The van der Waals surface area contributed by atoms with Crippen LogP contribution in [0.4, 0.5) is 10.7 Å². The molecular formula is C34H34N4O4S. The molecule has 0 fully saturated rings. The van der Waals surface area contributed by atoms with Gasteiger partial charge in [0.25, 0.3) is 11.6 Å². The molecule has 43 heavy (non-hydrogen) atoms. The number of nitrogens with zero attached hydrogens (tertiary/aromatic N) is 3. The second-order valence-corrected chi connectivity index (χ2v) is 13.2. The molecule has 1 amide bonds. The number of carbonyl (C=O) groups is 1. The highest BCUT2D eigenvalue weighted by Gasteiger charge is 2.33. The number of aromatic nitrogens is 1. The maximum Gasteiger partial charge on any atom is 0.269 e. The lowest BCUT2D eigenvalue weighted by molar-refractivity contribution is -0.384. The molecule has 1 aliphatic carbocycles. The summed E-state index contributed by atoms with van der Waals surface area (Å²) in [5.41, 5.74) is 5.00. The fourth-order valence-corrected chi connectivity index (χ4v) is 7.13. The highest BCUT2D eigenvalue weighted by atomic mass is 32.1. The predicted molar refractivity (Wildman–Crippen MR) is 171 cm³/mol. The van der Waals surface area contributed by atoms with E-state index in [9.17, 15) is 14.9 Å². The molecule has 0 bridgehead atoms. The second kappa shape index (κ2) is 11.6. The van der Waals surface area contributed by atoms with Crippen LogP contribution in [-0.2, 0) is 25.9 Å². The first-order valence-electron chi connectivity index (χ1n) is 14.5. The van der Waals surface area contributed by atoms with E-state index in [-0.39, 0.29) is 21.9 Å². The van der Waals surface area contributed by atoms with Gasteiger partial charge in [-0.05, 0) is 59.9 Å². The molecule has 1 N–H and O–H groups in total. The van der Waals surface area contributed by atoms with Gasteiger partial charge in [-0.15, -0.1) is 11.3 Å².